The molecule has 8 heteroatoms. The van der Waals surface area contributed by atoms with E-state index in [9.17, 15) is 9.59 Å². The second kappa shape index (κ2) is 11.8. The number of urea groups is 1. The van der Waals surface area contributed by atoms with E-state index in [0.29, 0.717) is 13.0 Å². The molecule has 3 N–H and O–H groups in total. The van der Waals surface area contributed by atoms with E-state index in [2.05, 4.69) is 21.3 Å². The summed E-state index contributed by atoms with van der Waals surface area (Å²) in [7, 11) is 1.69. The third-order valence-electron chi connectivity index (χ3n) is 6.38. The fourth-order valence-electron chi connectivity index (χ4n) is 4.57. The van der Waals surface area contributed by atoms with Crippen molar-refractivity contribution in [2.75, 3.05) is 44.7 Å². The number of carbonyl (C=O) groups is 2. The molecule has 3 rings (SSSR count). The van der Waals surface area contributed by atoms with Gasteiger partial charge in [0.25, 0.3) is 0 Å². The summed E-state index contributed by atoms with van der Waals surface area (Å²) in [5.74, 6) is 0.740. The van der Waals surface area contributed by atoms with Crippen molar-refractivity contribution in [1.82, 2.24) is 15.3 Å². The molecule has 3 amide bonds. The lowest BCUT2D eigenvalue weighted by Gasteiger charge is -2.36. The minimum absolute atomic E-state index is 0.00569. The highest BCUT2D eigenvalue weighted by molar-refractivity contribution is 5.80. The standard InChI is InChI=1S/C23H37N5O3/c1-31-21-12-8-7-11-20(21)27-17-15-26(16-18-27)14-13-22(29)25-28(23(24)30)19-9-5-3-2-4-6-10-19/h7-8,11-12,19H,2-6,9-10,13-18H2,1H3,(H2,24,30)(H,25,29). The summed E-state index contributed by atoms with van der Waals surface area (Å²) < 4.78 is 5.47. The van der Waals surface area contributed by atoms with Gasteiger partial charge in [0.15, 0.2) is 0 Å². The number of hydrogen-bond donors (Lipinski definition) is 2. The van der Waals surface area contributed by atoms with Crippen molar-refractivity contribution in [2.24, 2.45) is 5.73 Å². The molecule has 1 aromatic rings. The van der Waals surface area contributed by atoms with Crippen molar-refractivity contribution < 1.29 is 14.3 Å². The number of hydrogen-bond acceptors (Lipinski definition) is 5. The summed E-state index contributed by atoms with van der Waals surface area (Å²) in [6.45, 7) is 4.21. The van der Waals surface area contributed by atoms with E-state index in [4.69, 9.17) is 10.5 Å². The van der Waals surface area contributed by atoms with Crippen LogP contribution in [0.4, 0.5) is 10.5 Å². The first-order valence-electron chi connectivity index (χ1n) is 11.6. The Morgan fingerprint density at radius 1 is 1.06 bits per heavy atom. The lowest BCUT2D eigenvalue weighted by atomic mass is 9.96. The first kappa shape index (κ1) is 23.2. The number of rotatable bonds is 6. The average molecular weight is 432 g/mol. The molecule has 172 valence electrons. The Hall–Kier alpha value is -2.48. The molecule has 0 spiro atoms. The normalized spacial score (nSPS) is 18.7. The third kappa shape index (κ3) is 6.75. The van der Waals surface area contributed by atoms with E-state index in [1.165, 1.54) is 24.3 Å². The van der Waals surface area contributed by atoms with Crippen LogP contribution in [0, 0.1) is 0 Å². The molecule has 0 atom stereocenters. The summed E-state index contributed by atoms with van der Waals surface area (Å²) in [4.78, 5) is 29.1. The lowest BCUT2D eigenvalue weighted by Crippen LogP contribution is -2.55. The fraction of sp³-hybridized carbons (Fsp3) is 0.652. The number of nitrogens with one attached hydrogen (secondary N) is 1. The van der Waals surface area contributed by atoms with Gasteiger partial charge >= 0.3 is 6.03 Å². The number of primary amides is 1. The van der Waals surface area contributed by atoms with Crippen molar-refractivity contribution in [3.63, 3.8) is 0 Å². The molecule has 0 radical (unpaired) electrons. The largest absolute Gasteiger partial charge is 0.495 e. The van der Waals surface area contributed by atoms with Gasteiger partial charge in [-0.25, -0.2) is 9.80 Å². The highest BCUT2D eigenvalue weighted by Crippen LogP contribution is 2.28. The predicted molar refractivity (Wildman–Crippen MR) is 122 cm³/mol. The molecule has 0 bridgehead atoms. The second-order valence-electron chi connectivity index (χ2n) is 8.49. The van der Waals surface area contributed by atoms with Gasteiger partial charge in [-0.3, -0.25) is 15.1 Å². The zero-order valence-electron chi connectivity index (χ0n) is 18.7. The molecule has 1 saturated heterocycles. The number of para-hydroxylation sites is 2. The molecular formula is C23H37N5O3. The topological polar surface area (TPSA) is 91.1 Å². The SMILES string of the molecule is COc1ccccc1N1CCN(CCC(=O)NN(C(N)=O)C2CCCCCCC2)CC1. The van der Waals surface area contributed by atoms with Gasteiger partial charge < -0.3 is 15.4 Å². The lowest BCUT2D eigenvalue weighted by molar-refractivity contribution is -0.126. The van der Waals surface area contributed by atoms with Gasteiger partial charge in [-0.15, -0.1) is 0 Å². The van der Waals surface area contributed by atoms with Gasteiger partial charge in [0.1, 0.15) is 5.75 Å². The van der Waals surface area contributed by atoms with E-state index in [0.717, 1.165) is 63.3 Å². The number of carbonyl (C=O) groups excluding carboxylic acids is 2. The smallest absolute Gasteiger partial charge is 0.333 e. The van der Waals surface area contributed by atoms with Crippen LogP contribution in [0.2, 0.25) is 0 Å². The number of anilines is 1. The Morgan fingerprint density at radius 2 is 1.71 bits per heavy atom. The maximum atomic E-state index is 12.6. The van der Waals surface area contributed by atoms with E-state index in [1.54, 1.807) is 7.11 Å². The second-order valence-corrected chi connectivity index (χ2v) is 8.49. The molecule has 0 aromatic heterocycles. The van der Waals surface area contributed by atoms with Crippen molar-refractivity contribution in [3.05, 3.63) is 24.3 Å². The van der Waals surface area contributed by atoms with Crippen molar-refractivity contribution >= 4 is 17.6 Å². The van der Waals surface area contributed by atoms with E-state index >= 15 is 0 Å². The van der Waals surface area contributed by atoms with Gasteiger partial charge in [-0.05, 0) is 25.0 Å². The Bertz CT molecular complexity index is 713. The molecule has 31 heavy (non-hydrogen) atoms. The molecule has 1 aliphatic heterocycles. The first-order valence-corrected chi connectivity index (χ1v) is 11.6. The molecule has 1 aliphatic carbocycles. The zero-order chi connectivity index (χ0) is 22.1. The van der Waals surface area contributed by atoms with Gasteiger partial charge in [0.2, 0.25) is 5.91 Å². The summed E-state index contributed by atoms with van der Waals surface area (Å²) in [5, 5.41) is 1.38. The molecule has 2 fully saturated rings. The van der Waals surface area contributed by atoms with Crippen LogP contribution in [0.5, 0.6) is 5.75 Å². The van der Waals surface area contributed by atoms with Crippen LogP contribution in [-0.4, -0.2) is 67.7 Å². The number of nitrogens with two attached hydrogens (primary N) is 1. The van der Waals surface area contributed by atoms with E-state index in [-0.39, 0.29) is 11.9 Å². The highest BCUT2D eigenvalue weighted by atomic mass is 16.5. The van der Waals surface area contributed by atoms with Gasteiger partial charge in [0, 0.05) is 39.1 Å². The summed E-state index contributed by atoms with van der Waals surface area (Å²) in [6.07, 6.45) is 7.89. The molecule has 1 aromatic carbocycles. The monoisotopic (exact) mass is 431 g/mol. The number of methoxy groups -OCH3 is 1. The minimum Gasteiger partial charge on any atom is -0.495 e. The van der Waals surface area contributed by atoms with Crippen LogP contribution in [0.15, 0.2) is 24.3 Å². The van der Waals surface area contributed by atoms with Crippen LogP contribution in [0.3, 0.4) is 0 Å². The van der Waals surface area contributed by atoms with Crippen LogP contribution in [0.1, 0.15) is 51.4 Å². The van der Waals surface area contributed by atoms with Crippen molar-refractivity contribution in [1.29, 1.82) is 0 Å². The minimum atomic E-state index is -0.565. The molecule has 1 saturated carbocycles. The average Bonchev–Trinajstić information content (AvgIpc) is 2.76. The molecule has 1 heterocycles. The van der Waals surface area contributed by atoms with Gasteiger partial charge in [-0.2, -0.15) is 0 Å². The number of ether oxygens (including phenoxy) is 1. The van der Waals surface area contributed by atoms with Crippen molar-refractivity contribution in [2.45, 2.75) is 57.4 Å². The summed E-state index contributed by atoms with van der Waals surface area (Å²) in [6, 6.07) is 7.50. The van der Waals surface area contributed by atoms with Crippen LogP contribution < -0.4 is 20.8 Å². The molecule has 0 unspecified atom stereocenters. The maximum Gasteiger partial charge on any atom is 0.333 e. The Labute approximate surface area is 185 Å². The Balaban J connectivity index is 1.44. The highest BCUT2D eigenvalue weighted by Gasteiger charge is 2.25. The zero-order valence-corrected chi connectivity index (χ0v) is 18.7. The van der Waals surface area contributed by atoms with Crippen LogP contribution >= 0.6 is 0 Å². The Morgan fingerprint density at radius 3 is 2.35 bits per heavy atom. The number of benzene rings is 1. The number of nitrogens with zero attached hydrogens (tertiary/aromatic N) is 3. The van der Waals surface area contributed by atoms with Crippen LogP contribution in [0.25, 0.3) is 0 Å². The van der Waals surface area contributed by atoms with E-state index in [1.807, 2.05) is 18.2 Å². The Kier molecular flexibility index (Phi) is 8.82. The summed E-state index contributed by atoms with van der Waals surface area (Å²) in [5.41, 5.74) is 9.48. The molecule has 8 nitrogen and oxygen atoms in total. The maximum absolute atomic E-state index is 12.6. The molecular weight excluding hydrogens is 394 g/mol. The number of piperazine rings is 1. The van der Waals surface area contributed by atoms with Gasteiger partial charge in [0.05, 0.1) is 18.8 Å². The fourth-order valence-corrected chi connectivity index (χ4v) is 4.57. The quantitative estimate of drug-likeness (QED) is 0.676. The van der Waals surface area contributed by atoms with Crippen molar-refractivity contribution in [3.8, 4) is 5.75 Å². The first-order chi connectivity index (χ1) is 15.1. The third-order valence-corrected chi connectivity index (χ3v) is 6.38. The summed E-state index contributed by atoms with van der Waals surface area (Å²) >= 11 is 0. The predicted octanol–water partition coefficient (Wildman–Crippen LogP) is 2.73. The molecule has 2 aliphatic rings. The van der Waals surface area contributed by atoms with Gasteiger partial charge in [-0.1, -0.05) is 44.2 Å². The number of amides is 3. The number of hydrazine groups is 1. The van der Waals surface area contributed by atoms with E-state index < -0.39 is 6.03 Å². The van der Waals surface area contributed by atoms with Crippen LogP contribution in [-0.2, 0) is 4.79 Å².